The molecule has 0 aromatic heterocycles. The second-order valence-corrected chi connectivity index (χ2v) is 7.56. The molecule has 2 aliphatic rings. The van der Waals surface area contributed by atoms with Crippen LogP contribution in [0, 0.1) is 11.3 Å². The Kier molecular flexibility index (Phi) is 6.22. The van der Waals surface area contributed by atoms with E-state index in [-0.39, 0.29) is 35.7 Å². The van der Waals surface area contributed by atoms with Crippen molar-refractivity contribution in [2.45, 2.75) is 39.7 Å². The van der Waals surface area contributed by atoms with Crippen molar-refractivity contribution in [3.63, 3.8) is 0 Å². The molecule has 0 radical (unpaired) electrons. The Labute approximate surface area is 156 Å². The van der Waals surface area contributed by atoms with Crippen LogP contribution in [0.3, 0.4) is 0 Å². The number of amides is 1. The van der Waals surface area contributed by atoms with E-state index in [2.05, 4.69) is 13.8 Å². The molecule has 1 saturated heterocycles. The van der Waals surface area contributed by atoms with Gasteiger partial charge < -0.3 is 20.1 Å². The molecule has 1 fully saturated rings. The largest absolute Gasteiger partial charge is 0.494 e. The number of likely N-dealkylation sites (tertiary alicyclic amines) is 1. The van der Waals surface area contributed by atoms with E-state index in [1.165, 1.54) is 0 Å². The Morgan fingerprint density at radius 2 is 2.20 bits per heavy atom. The lowest BCUT2D eigenvalue weighted by Crippen LogP contribution is -2.55. The van der Waals surface area contributed by atoms with Gasteiger partial charge in [-0.05, 0) is 48.9 Å². The molecule has 1 aromatic carbocycles. The predicted octanol–water partition coefficient (Wildman–Crippen LogP) is 2.64. The summed E-state index contributed by atoms with van der Waals surface area (Å²) < 4.78 is 11.4. The quantitative estimate of drug-likeness (QED) is 0.890. The number of nitrogens with two attached hydrogens (primary N) is 1. The van der Waals surface area contributed by atoms with E-state index < -0.39 is 0 Å². The SMILES string of the molecule is CCOc1ccc2c(c1)CC(C(=O)N1CCC(N)C(C)(C)C1)CO2.Cl. The van der Waals surface area contributed by atoms with Crippen LogP contribution >= 0.6 is 12.4 Å². The van der Waals surface area contributed by atoms with Crippen molar-refractivity contribution in [2.75, 3.05) is 26.3 Å². The number of hydrogen-bond donors (Lipinski definition) is 1. The van der Waals surface area contributed by atoms with Crippen LogP contribution in [0.15, 0.2) is 18.2 Å². The molecule has 1 aromatic rings. The lowest BCUT2D eigenvalue weighted by atomic mass is 9.79. The molecule has 2 heterocycles. The highest BCUT2D eigenvalue weighted by Crippen LogP contribution is 2.33. The van der Waals surface area contributed by atoms with Crippen LogP contribution in [0.5, 0.6) is 11.5 Å². The molecule has 2 unspecified atom stereocenters. The Morgan fingerprint density at radius 1 is 1.44 bits per heavy atom. The van der Waals surface area contributed by atoms with E-state index in [4.69, 9.17) is 15.2 Å². The highest BCUT2D eigenvalue weighted by atomic mass is 35.5. The Balaban J connectivity index is 0.00000225. The number of halogens is 1. The minimum Gasteiger partial charge on any atom is -0.494 e. The van der Waals surface area contributed by atoms with Crippen LogP contribution < -0.4 is 15.2 Å². The van der Waals surface area contributed by atoms with Crippen molar-refractivity contribution < 1.29 is 14.3 Å². The van der Waals surface area contributed by atoms with E-state index in [0.29, 0.717) is 19.6 Å². The zero-order valence-electron chi connectivity index (χ0n) is 15.3. The molecule has 2 aliphatic heterocycles. The van der Waals surface area contributed by atoms with Gasteiger partial charge in [0.05, 0.1) is 12.5 Å². The number of carbonyl (C=O) groups is 1. The third kappa shape index (κ3) is 4.21. The van der Waals surface area contributed by atoms with Crippen molar-refractivity contribution in [1.29, 1.82) is 0 Å². The predicted molar refractivity (Wildman–Crippen MR) is 101 cm³/mol. The van der Waals surface area contributed by atoms with Crippen molar-refractivity contribution >= 4 is 18.3 Å². The molecule has 5 nitrogen and oxygen atoms in total. The number of carbonyl (C=O) groups excluding carboxylic acids is 1. The molecule has 1 amide bonds. The monoisotopic (exact) mass is 368 g/mol. The standard InChI is InChI=1S/C19H28N2O3.ClH/c1-4-23-15-5-6-16-13(10-15)9-14(11-24-16)18(22)21-8-7-17(20)19(2,3)12-21;/h5-6,10,14,17H,4,7-9,11-12,20H2,1-3H3;1H. The average Bonchev–Trinajstić information content (AvgIpc) is 2.56. The molecule has 2 N–H and O–H groups in total. The molecule has 25 heavy (non-hydrogen) atoms. The summed E-state index contributed by atoms with van der Waals surface area (Å²) in [5, 5.41) is 0. The molecule has 0 spiro atoms. The van der Waals surface area contributed by atoms with E-state index in [9.17, 15) is 4.79 Å². The molecular formula is C19H29ClN2O3. The van der Waals surface area contributed by atoms with Gasteiger partial charge in [0.15, 0.2) is 0 Å². The summed E-state index contributed by atoms with van der Waals surface area (Å²) in [4.78, 5) is 14.9. The molecule has 0 bridgehead atoms. The molecule has 3 rings (SSSR count). The van der Waals surface area contributed by atoms with Crippen LogP contribution in [0.4, 0.5) is 0 Å². The zero-order valence-corrected chi connectivity index (χ0v) is 16.1. The fraction of sp³-hybridized carbons (Fsp3) is 0.632. The molecule has 2 atom stereocenters. The fourth-order valence-electron chi connectivity index (χ4n) is 3.61. The van der Waals surface area contributed by atoms with E-state index in [1.807, 2.05) is 30.0 Å². The Morgan fingerprint density at radius 3 is 2.88 bits per heavy atom. The Hall–Kier alpha value is -1.46. The smallest absolute Gasteiger partial charge is 0.229 e. The molecular weight excluding hydrogens is 340 g/mol. The topological polar surface area (TPSA) is 64.8 Å². The Bertz CT molecular complexity index is 621. The van der Waals surface area contributed by atoms with Gasteiger partial charge in [-0.3, -0.25) is 4.79 Å². The summed E-state index contributed by atoms with van der Waals surface area (Å²) in [6.45, 7) is 8.77. The molecule has 0 saturated carbocycles. The average molecular weight is 369 g/mol. The number of rotatable bonds is 3. The van der Waals surface area contributed by atoms with Gasteiger partial charge in [-0.1, -0.05) is 13.8 Å². The summed E-state index contributed by atoms with van der Waals surface area (Å²) in [6, 6.07) is 6.00. The zero-order chi connectivity index (χ0) is 17.3. The van der Waals surface area contributed by atoms with Gasteiger partial charge in [0.2, 0.25) is 5.91 Å². The van der Waals surface area contributed by atoms with Crippen molar-refractivity contribution in [3.8, 4) is 11.5 Å². The minimum atomic E-state index is -0.125. The highest BCUT2D eigenvalue weighted by Gasteiger charge is 2.38. The number of piperidine rings is 1. The number of nitrogens with zero attached hydrogens (tertiary/aromatic N) is 1. The lowest BCUT2D eigenvalue weighted by molar-refractivity contribution is -0.140. The maximum Gasteiger partial charge on any atom is 0.229 e. The second kappa shape index (κ2) is 7.83. The molecule has 0 aliphatic carbocycles. The van der Waals surface area contributed by atoms with Crippen LogP contribution in [0.1, 0.15) is 32.8 Å². The molecule has 6 heteroatoms. The van der Waals surface area contributed by atoms with Gasteiger partial charge in [-0.2, -0.15) is 0 Å². The third-order valence-corrected chi connectivity index (χ3v) is 5.22. The van der Waals surface area contributed by atoms with Gasteiger partial charge in [-0.15, -0.1) is 12.4 Å². The first kappa shape index (κ1) is 19.9. The number of hydrogen-bond acceptors (Lipinski definition) is 4. The van der Waals surface area contributed by atoms with Crippen molar-refractivity contribution in [1.82, 2.24) is 4.90 Å². The van der Waals surface area contributed by atoms with E-state index in [1.54, 1.807) is 0 Å². The van der Waals surface area contributed by atoms with E-state index >= 15 is 0 Å². The second-order valence-electron chi connectivity index (χ2n) is 7.56. The summed E-state index contributed by atoms with van der Waals surface area (Å²) in [6.07, 6.45) is 1.56. The highest BCUT2D eigenvalue weighted by molar-refractivity contribution is 5.85. The van der Waals surface area contributed by atoms with Crippen molar-refractivity contribution in [2.24, 2.45) is 17.1 Å². The van der Waals surface area contributed by atoms with E-state index in [0.717, 1.165) is 36.6 Å². The van der Waals surface area contributed by atoms with Gasteiger partial charge in [-0.25, -0.2) is 0 Å². The maximum absolute atomic E-state index is 12.9. The summed E-state index contributed by atoms with van der Waals surface area (Å²) in [5.41, 5.74) is 7.20. The van der Waals surface area contributed by atoms with Gasteiger partial charge in [0.25, 0.3) is 0 Å². The van der Waals surface area contributed by atoms with Gasteiger partial charge in [0.1, 0.15) is 18.1 Å². The van der Waals surface area contributed by atoms with Crippen molar-refractivity contribution in [3.05, 3.63) is 23.8 Å². The number of benzene rings is 1. The molecule has 140 valence electrons. The maximum atomic E-state index is 12.9. The van der Waals surface area contributed by atoms with Crippen LogP contribution in [0.25, 0.3) is 0 Å². The summed E-state index contributed by atoms with van der Waals surface area (Å²) >= 11 is 0. The van der Waals surface area contributed by atoms with Crippen LogP contribution in [0.2, 0.25) is 0 Å². The van der Waals surface area contributed by atoms with Crippen LogP contribution in [-0.2, 0) is 11.2 Å². The third-order valence-electron chi connectivity index (χ3n) is 5.22. The fourth-order valence-corrected chi connectivity index (χ4v) is 3.61. The first-order valence-corrected chi connectivity index (χ1v) is 8.83. The minimum absolute atomic E-state index is 0. The van der Waals surface area contributed by atoms with Gasteiger partial charge in [0, 0.05) is 19.1 Å². The lowest BCUT2D eigenvalue weighted by Gasteiger charge is -2.44. The summed E-state index contributed by atoms with van der Waals surface area (Å²) in [7, 11) is 0. The van der Waals surface area contributed by atoms with Crippen LogP contribution in [-0.4, -0.2) is 43.2 Å². The summed E-state index contributed by atoms with van der Waals surface area (Å²) in [5.74, 6) is 1.75. The van der Waals surface area contributed by atoms with Gasteiger partial charge >= 0.3 is 0 Å². The first-order chi connectivity index (χ1) is 11.4. The number of ether oxygens (including phenoxy) is 2. The normalized spacial score (nSPS) is 24.6. The number of fused-ring (bicyclic) bond motifs is 1. The first-order valence-electron chi connectivity index (χ1n) is 8.83.